The molecule has 1 aromatic heterocycles. The zero-order valence-electron chi connectivity index (χ0n) is 12.2. The molecule has 0 bridgehead atoms. The first kappa shape index (κ1) is 15.9. The van der Waals surface area contributed by atoms with Crippen molar-refractivity contribution in [2.75, 3.05) is 6.54 Å². The average Bonchev–Trinajstić information content (AvgIpc) is 2.72. The summed E-state index contributed by atoms with van der Waals surface area (Å²) in [6.07, 6.45) is -0.470. The summed E-state index contributed by atoms with van der Waals surface area (Å²) in [5.41, 5.74) is 5.97. The van der Waals surface area contributed by atoms with Gasteiger partial charge in [0.05, 0.1) is 16.7 Å². The SMILES string of the molecule is CC(C)c1nc(C(CN)NC(=O)OC(C)(C)C)cs1. The van der Waals surface area contributed by atoms with Crippen LogP contribution in [0.15, 0.2) is 5.38 Å². The van der Waals surface area contributed by atoms with Crippen LogP contribution in [0.1, 0.15) is 57.3 Å². The smallest absolute Gasteiger partial charge is 0.408 e. The molecule has 1 amide bonds. The first-order valence-electron chi connectivity index (χ1n) is 6.38. The predicted molar refractivity (Wildman–Crippen MR) is 77.4 cm³/mol. The average molecular weight is 285 g/mol. The third-order valence-electron chi connectivity index (χ3n) is 2.32. The fourth-order valence-electron chi connectivity index (χ4n) is 1.43. The fraction of sp³-hybridized carbons (Fsp3) is 0.692. The summed E-state index contributed by atoms with van der Waals surface area (Å²) in [4.78, 5) is 16.2. The Labute approximate surface area is 118 Å². The number of aromatic nitrogens is 1. The van der Waals surface area contributed by atoms with Gasteiger partial charge in [0.15, 0.2) is 0 Å². The Morgan fingerprint density at radius 1 is 1.53 bits per heavy atom. The number of ether oxygens (including phenoxy) is 1. The van der Waals surface area contributed by atoms with E-state index in [0.717, 1.165) is 10.7 Å². The Bertz CT molecular complexity index is 424. The van der Waals surface area contributed by atoms with Gasteiger partial charge >= 0.3 is 6.09 Å². The highest BCUT2D eigenvalue weighted by molar-refractivity contribution is 7.09. The summed E-state index contributed by atoms with van der Waals surface area (Å²) in [5, 5.41) is 5.73. The van der Waals surface area contributed by atoms with E-state index in [1.807, 2.05) is 26.2 Å². The fourth-order valence-corrected chi connectivity index (χ4v) is 2.32. The topological polar surface area (TPSA) is 77.2 Å². The van der Waals surface area contributed by atoms with Gasteiger partial charge in [0.2, 0.25) is 0 Å². The maximum atomic E-state index is 11.7. The van der Waals surface area contributed by atoms with Crippen LogP contribution in [0.2, 0.25) is 0 Å². The lowest BCUT2D eigenvalue weighted by atomic mass is 10.2. The third-order valence-corrected chi connectivity index (χ3v) is 3.48. The third kappa shape index (κ3) is 5.16. The van der Waals surface area contributed by atoms with Crippen LogP contribution >= 0.6 is 11.3 Å². The molecule has 0 aromatic carbocycles. The Balaban J connectivity index is 2.69. The number of nitrogens with one attached hydrogen (secondary N) is 1. The molecular formula is C13H23N3O2S. The molecule has 0 fully saturated rings. The summed E-state index contributed by atoms with van der Waals surface area (Å²) >= 11 is 1.58. The van der Waals surface area contributed by atoms with Crippen molar-refractivity contribution in [2.45, 2.75) is 52.2 Å². The number of hydrogen-bond acceptors (Lipinski definition) is 5. The highest BCUT2D eigenvalue weighted by Gasteiger charge is 2.21. The Morgan fingerprint density at radius 3 is 2.58 bits per heavy atom. The van der Waals surface area contributed by atoms with Gasteiger partial charge in [0, 0.05) is 17.8 Å². The van der Waals surface area contributed by atoms with E-state index in [2.05, 4.69) is 24.1 Å². The second-order valence-corrected chi connectivity index (χ2v) is 6.59. The lowest BCUT2D eigenvalue weighted by Gasteiger charge is -2.22. The number of rotatable bonds is 4. The van der Waals surface area contributed by atoms with E-state index in [1.165, 1.54) is 0 Å². The van der Waals surface area contributed by atoms with Gasteiger partial charge in [-0.25, -0.2) is 9.78 Å². The predicted octanol–water partition coefficient (Wildman–Crippen LogP) is 2.79. The highest BCUT2D eigenvalue weighted by atomic mass is 32.1. The summed E-state index contributed by atoms with van der Waals surface area (Å²) in [5.74, 6) is 0.374. The Hall–Kier alpha value is -1.14. The van der Waals surface area contributed by atoms with Crippen molar-refractivity contribution < 1.29 is 9.53 Å². The molecule has 0 saturated heterocycles. The number of nitrogens with two attached hydrogens (primary N) is 1. The van der Waals surface area contributed by atoms with Gasteiger partial charge in [-0.3, -0.25) is 0 Å². The van der Waals surface area contributed by atoms with Crippen molar-refractivity contribution in [1.82, 2.24) is 10.3 Å². The largest absolute Gasteiger partial charge is 0.444 e. The number of hydrogen-bond donors (Lipinski definition) is 2. The molecular weight excluding hydrogens is 262 g/mol. The van der Waals surface area contributed by atoms with Gasteiger partial charge in [-0.05, 0) is 20.8 Å². The quantitative estimate of drug-likeness (QED) is 0.891. The second kappa shape index (κ2) is 6.34. The van der Waals surface area contributed by atoms with Crippen molar-refractivity contribution in [2.24, 2.45) is 5.73 Å². The minimum atomic E-state index is -0.519. The molecule has 0 aliphatic heterocycles. The molecule has 1 rings (SSSR count). The molecule has 19 heavy (non-hydrogen) atoms. The Kier molecular flexibility index (Phi) is 5.31. The lowest BCUT2D eigenvalue weighted by Crippen LogP contribution is -2.37. The van der Waals surface area contributed by atoms with Gasteiger partial charge in [-0.2, -0.15) is 0 Å². The number of thiazole rings is 1. The molecule has 1 unspecified atom stereocenters. The van der Waals surface area contributed by atoms with Crippen molar-refractivity contribution in [3.8, 4) is 0 Å². The van der Waals surface area contributed by atoms with E-state index in [0.29, 0.717) is 12.5 Å². The van der Waals surface area contributed by atoms with Crippen LogP contribution in [0, 0.1) is 0 Å². The van der Waals surface area contributed by atoms with E-state index >= 15 is 0 Å². The van der Waals surface area contributed by atoms with Crippen LogP contribution in [-0.2, 0) is 4.74 Å². The van der Waals surface area contributed by atoms with Crippen LogP contribution in [0.4, 0.5) is 4.79 Å². The minimum absolute atomic E-state index is 0.292. The first-order valence-corrected chi connectivity index (χ1v) is 7.25. The minimum Gasteiger partial charge on any atom is -0.444 e. The van der Waals surface area contributed by atoms with Gasteiger partial charge in [-0.15, -0.1) is 11.3 Å². The van der Waals surface area contributed by atoms with Gasteiger partial charge < -0.3 is 15.8 Å². The van der Waals surface area contributed by atoms with E-state index in [4.69, 9.17) is 10.5 Å². The van der Waals surface area contributed by atoms with Crippen LogP contribution in [-0.4, -0.2) is 23.2 Å². The maximum Gasteiger partial charge on any atom is 0.408 e. The first-order chi connectivity index (χ1) is 8.73. The molecule has 1 heterocycles. The number of alkyl carbamates (subject to hydrolysis) is 1. The Morgan fingerprint density at radius 2 is 2.16 bits per heavy atom. The monoisotopic (exact) mass is 285 g/mol. The van der Waals surface area contributed by atoms with Crippen LogP contribution in [0.25, 0.3) is 0 Å². The van der Waals surface area contributed by atoms with Crippen LogP contribution in [0.3, 0.4) is 0 Å². The lowest BCUT2D eigenvalue weighted by molar-refractivity contribution is 0.0504. The molecule has 0 spiro atoms. The van der Waals surface area contributed by atoms with Crippen molar-refractivity contribution in [3.63, 3.8) is 0 Å². The van der Waals surface area contributed by atoms with E-state index in [9.17, 15) is 4.79 Å². The molecule has 0 radical (unpaired) electrons. The van der Waals surface area contributed by atoms with E-state index in [1.54, 1.807) is 11.3 Å². The van der Waals surface area contributed by atoms with Crippen molar-refractivity contribution >= 4 is 17.4 Å². The standard InChI is InChI=1S/C13H23N3O2S/c1-8(2)11-15-10(7-19-11)9(6-14)16-12(17)18-13(3,4)5/h7-9H,6,14H2,1-5H3,(H,16,17). The number of carbonyl (C=O) groups is 1. The molecule has 1 atom stereocenters. The molecule has 3 N–H and O–H groups in total. The van der Waals surface area contributed by atoms with Gasteiger partial charge in [0.1, 0.15) is 5.60 Å². The van der Waals surface area contributed by atoms with Crippen LogP contribution in [0.5, 0.6) is 0 Å². The van der Waals surface area contributed by atoms with E-state index in [-0.39, 0.29) is 6.04 Å². The molecule has 5 nitrogen and oxygen atoms in total. The molecule has 0 aliphatic carbocycles. The molecule has 108 valence electrons. The van der Waals surface area contributed by atoms with Crippen molar-refractivity contribution in [1.29, 1.82) is 0 Å². The number of nitrogens with zero attached hydrogens (tertiary/aromatic N) is 1. The summed E-state index contributed by atoms with van der Waals surface area (Å²) in [7, 11) is 0. The highest BCUT2D eigenvalue weighted by Crippen LogP contribution is 2.22. The summed E-state index contributed by atoms with van der Waals surface area (Å²) < 4.78 is 5.22. The summed E-state index contributed by atoms with van der Waals surface area (Å²) in [6, 6.07) is -0.307. The normalized spacial score (nSPS) is 13.4. The zero-order chi connectivity index (χ0) is 14.6. The molecule has 0 aliphatic rings. The molecule has 1 aromatic rings. The van der Waals surface area contributed by atoms with E-state index < -0.39 is 11.7 Å². The van der Waals surface area contributed by atoms with Crippen molar-refractivity contribution in [3.05, 3.63) is 16.1 Å². The van der Waals surface area contributed by atoms with Gasteiger partial charge in [-0.1, -0.05) is 13.8 Å². The second-order valence-electron chi connectivity index (χ2n) is 5.70. The van der Waals surface area contributed by atoms with Crippen LogP contribution < -0.4 is 11.1 Å². The number of amides is 1. The zero-order valence-corrected chi connectivity index (χ0v) is 13.0. The number of carbonyl (C=O) groups excluding carboxylic acids is 1. The molecule has 0 saturated carbocycles. The molecule has 6 heteroatoms. The summed E-state index contributed by atoms with van der Waals surface area (Å²) in [6.45, 7) is 9.93. The van der Waals surface area contributed by atoms with Gasteiger partial charge in [0.25, 0.3) is 0 Å². The maximum absolute atomic E-state index is 11.7.